The Morgan fingerprint density at radius 1 is 1.04 bits per heavy atom. The minimum atomic E-state index is 0.133. The average molecular weight is 331 g/mol. The number of benzene rings is 2. The fourth-order valence-corrected chi connectivity index (χ4v) is 3.49. The molecule has 4 nitrogen and oxygen atoms in total. The van der Waals surface area contributed by atoms with Crippen LogP contribution in [-0.2, 0) is 11.2 Å². The number of anilines is 1. The third-order valence-electron chi connectivity index (χ3n) is 4.95. The van der Waals surface area contributed by atoms with E-state index in [4.69, 9.17) is 0 Å². The number of amides is 1. The molecule has 1 aromatic heterocycles. The van der Waals surface area contributed by atoms with Crippen molar-refractivity contribution in [1.82, 2.24) is 10.2 Å². The van der Waals surface area contributed by atoms with Gasteiger partial charge in [-0.25, -0.2) is 0 Å². The van der Waals surface area contributed by atoms with Gasteiger partial charge in [0.2, 0.25) is 5.91 Å². The second-order valence-corrected chi connectivity index (χ2v) is 6.53. The van der Waals surface area contributed by atoms with E-state index in [0.717, 1.165) is 42.6 Å². The smallest absolute Gasteiger partial charge is 0.230 e. The SMILES string of the molecule is O=C1C(CCc2ccccc2)CCN1c1ccc(-c2cn[nH]c2)cc1. The van der Waals surface area contributed by atoms with E-state index in [1.807, 2.05) is 41.4 Å². The van der Waals surface area contributed by atoms with Gasteiger partial charge in [0.1, 0.15) is 0 Å². The van der Waals surface area contributed by atoms with Crippen LogP contribution in [0.3, 0.4) is 0 Å². The van der Waals surface area contributed by atoms with E-state index in [2.05, 4.69) is 34.5 Å². The zero-order valence-electron chi connectivity index (χ0n) is 14.1. The Bertz CT molecular complexity index is 825. The molecular weight excluding hydrogens is 310 g/mol. The number of aromatic amines is 1. The van der Waals surface area contributed by atoms with Gasteiger partial charge in [0, 0.05) is 29.9 Å². The standard InChI is InChI=1S/C21H21N3O/c25-21-18(7-6-16-4-2-1-3-5-16)12-13-24(21)20-10-8-17(9-11-20)19-14-22-23-15-19/h1-5,8-11,14-15,18H,6-7,12-13H2,(H,22,23). The highest BCUT2D eigenvalue weighted by atomic mass is 16.2. The molecule has 1 atom stereocenters. The van der Waals surface area contributed by atoms with Crippen molar-refractivity contribution in [3.05, 3.63) is 72.6 Å². The van der Waals surface area contributed by atoms with Crippen LogP contribution in [0.1, 0.15) is 18.4 Å². The van der Waals surface area contributed by atoms with E-state index >= 15 is 0 Å². The molecular formula is C21H21N3O. The van der Waals surface area contributed by atoms with Crippen molar-refractivity contribution in [3.8, 4) is 11.1 Å². The summed E-state index contributed by atoms with van der Waals surface area (Å²) in [4.78, 5) is 14.7. The van der Waals surface area contributed by atoms with Gasteiger partial charge in [0.05, 0.1) is 6.20 Å². The fraction of sp³-hybridized carbons (Fsp3) is 0.238. The van der Waals surface area contributed by atoms with Crippen LogP contribution >= 0.6 is 0 Å². The molecule has 2 heterocycles. The van der Waals surface area contributed by atoms with Gasteiger partial charge in [-0.1, -0.05) is 42.5 Å². The Kier molecular flexibility index (Phi) is 4.34. The van der Waals surface area contributed by atoms with E-state index in [-0.39, 0.29) is 11.8 Å². The molecule has 25 heavy (non-hydrogen) atoms. The largest absolute Gasteiger partial charge is 0.312 e. The number of carbonyl (C=O) groups excluding carboxylic acids is 1. The highest BCUT2D eigenvalue weighted by molar-refractivity contribution is 5.97. The summed E-state index contributed by atoms with van der Waals surface area (Å²) in [6, 6.07) is 18.5. The molecule has 1 aliphatic heterocycles. The van der Waals surface area contributed by atoms with Gasteiger partial charge >= 0.3 is 0 Å². The van der Waals surface area contributed by atoms with E-state index in [0.29, 0.717) is 0 Å². The maximum atomic E-state index is 12.8. The number of hydrogen-bond acceptors (Lipinski definition) is 2. The maximum absolute atomic E-state index is 12.8. The predicted octanol–water partition coefficient (Wildman–Crippen LogP) is 4.06. The Hall–Kier alpha value is -2.88. The minimum absolute atomic E-state index is 0.133. The Morgan fingerprint density at radius 3 is 2.56 bits per heavy atom. The first-order chi connectivity index (χ1) is 12.3. The predicted molar refractivity (Wildman–Crippen MR) is 99.2 cm³/mol. The average Bonchev–Trinajstić information content (AvgIpc) is 3.31. The zero-order valence-corrected chi connectivity index (χ0v) is 14.1. The van der Waals surface area contributed by atoms with Gasteiger partial charge in [-0.15, -0.1) is 0 Å². The Balaban J connectivity index is 1.41. The number of nitrogens with one attached hydrogen (secondary N) is 1. The van der Waals surface area contributed by atoms with Crippen LogP contribution in [0.4, 0.5) is 5.69 Å². The van der Waals surface area contributed by atoms with Crippen LogP contribution in [0, 0.1) is 5.92 Å². The van der Waals surface area contributed by atoms with Gasteiger partial charge < -0.3 is 4.90 Å². The van der Waals surface area contributed by atoms with Crippen LogP contribution < -0.4 is 4.90 Å². The quantitative estimate of drug-likeness (QED) is 0.766. The lowest BCUT2D eigenvalue weighted by atomic mass is 9.98. The minimum Gasteiger partial charge on any atom is -0.312 e. The number of carbonyl (C=O) groups is 1. The number of aryl methyl sites for hydroxylation is 1. The van der Waals surface area contributed by atoms with Crippen molar-refractivity contribution >= 4 is 11.6 Å². The molecule has 1 unspecified atom stereocenters. The molecule has 0 radical (unpaired) electrons. The van der Waals surface area contributed by atoms with Crippen molar-refractivity contribution < 1.29 is 4.79 Å². The molecule has 126 valence electrons. The van der Waals surface area contributed by atoms with Gasteiger partial charge in [0.25, 0.3) is 0 Å². The van der Waals surface area contributed by atoms with E-state index in [1.165, 1.54) is 5.56 Å². The van der Waals surface area contributed by atoms with Crippen LogP contribution in [0.25, 0.3) is 11.1 Å². The van der Waals surface area contributed by atoms with Crippen LogP contribution in [-0.4, -0.2) is 22.6 Å². The summed E-state index contributed by atoms with van der Waals surface area (Å²) >= 11 is 0. The molecule has 0 spiro atoms. The summed E-state index contributed by atoms with van der Waals surface area (Å²) in [5.74, 6) is 0.390. The van der Waals surface area contributed by atoms with Gasteiger partial charge in [-0.3, -0.25) is 9.89 Å². The lowest BCUT2D eigenvalue weighted by Crippen LogP contribution is -2.27. The normalized spacial score (nSPS) is 17.2. The number of aromatic nitrogens is 2. The first-order valence-electron chi connectivity index (χ1n) is 8.76. The molecule has 1 amide bonds. The van der Waals surface area contributed by atoms with Crippen molar-refractivity contribution in [3.63, 3.8) is 0 Å². The molecule has 1 saturated heterocycles. The van der Waals surface area contributed by atoms with Gasteiger partial charge in [-0.05, 0) is 42.5 Å². The molecule has 4 rings (SSSR count). The van der Waals surface area contributed by atoms with E-state index in [9.17, 15) is 4.79 Å². The van der Waals surface area contributed by atoms with Crippen LogP contribution in [0.5, 0.6) is 0 Å². The lowest BCUT2D eigenvalue weighted by molar-refractivity contribution is -0.120. The van der Waals surface area contributed by atoms with E-state index in [1.54, 1.807) is 6.20 Å². The molecule has 0 saturated carbocycles. The molecule has 0 bridgehead atoms. The number of hydrogen-bond donors (Lipinski definition) is 1. The second kappa shape index (κ2) is 6.93. The van der Waals surface area contributed by atoms with Gasteiger partial charge in [0.15, 0.2) is 0 Å². The summed E-state index contributed by atoms with van der Waals surface area (Å²) < 4.78 is 0. The van der Waals surface area contributed by atoms with Crippen molar-refractivity contribution in [2.24, 2.45) is 5.92 Å². The molecule has 1 aliphatic rings. The molecule has 4 heteroatoms. The topological polar surface area (TPSA) is 49.0 Å². The third kappa shape index (κ3) is 3.33. The summed E-state index contributed by atoms with van der Waals surface area (Å²) in [5, 5.41) is 6.80. The maximum Gasteiger partial charge on any atom is 0.230 e. The monoisotopic (exact) mass is 331 g/mol. The highest BCUT2D eigenvalue weighted by Crippen LogP contribution is 2.29. The second-order valence-electron chi connectivity index (χ2n) is 6.53. The number of nitrogens with zero attached hydrogens (tertiary/aromatic N) is 2. The lowest BCUT2D eigenvalue weighted by Gasteiger charge is -2.17. The highest BCUT2D eigenvalue weighted by Gasteiger charge is 2.31. The number of H-pyrrole nitrogens is 1. The third-order valence-corrected chi connectivity index (χ3v) is 4.95. The van der Waals surface area contributed by atoms with Gasteiger partial charge in [-0.2, -0.15) is 5.10 Å². The molecule has 3 aromatic rings. The Labute approximate surface area is 147 Å². The fourth-order valence-electron chi connectivity index (χ4n) is 3.49. The van der Waals surface area contributed by atoms with Crippen molar-refractivity contribution in [1.29, 1.82) is 0 Å². The summed E-state index contributed by atoms with van der Waals surface area (Å²) in [6.45, 7) is 0.809. The molecule has 2 aromatic carbocycles. The molecule has 1 fully saturated rings. The summed E-state index contributed by atoms with van der Waals surface area (Å²) in [7, 11) is 0. The summed E-state index contributed by atoms with van der Waals surface area (Å²) in [6.07, 6.45) is 6.50. The van der Waals surface area contributed by atoms with Crippen molar-refractivity contribution in [2.45, 2.75) is 19.3 Å². The zero-order chi connectivity index (χ0) is 17.1. The first kappa shape index (κ1) is 15.6. The number of rotatable bonds is 5. The van der Waals surface area contributed by atoms with Crippen LogP contribution in [0.2, 0.25) is 0 Å². The Morgan fingerprint density at radius 2 is 1.84 bits per heavy atom. The van der Waals surface area contributed by atoms with E-state index < -0.39 is 0 Å². The molecule has 1 N–H and O–H groups in total. The van der Waals surface area contributed by atoms with Crippen molar-refractivity contribution in [2.75, 3.05) is 11.4 Å². The molecule has 0 aliphatic carbocycles. The van der Waals surface area contributed by atoms with Crippen LogP contribution in [0.15, 0.2) is 67.0 Å². The summed E-state index contributed by atoms with van der Waals surface area (Å²) in [5.41, 5.74) is 4.45. The first-order valence-corrected chi connectivity index (χ1v) is 8.76.